The van der Waals surface area contributed by atoms with Crippen LogP contribution >= 0.6 is 0 Å². The third-order valence-electron chi connectivity index (χ3n) is 6.61. The zero-order valence-electron chi connectivity index (χ0n) is 20.4. The molecule has 1 aliphatic heterocycles. The van der Waals surface area contributed by atoms with E-state index in [2.05, 4.69) is 39.7 Å². The zero-order valence-corrected chi connectivity index (χ0v) is 20.4. The van der Waals surface area contributed by atoms with Crippen LogP contribution < -0.4 is 10.1 Å². The van der Waals surface area contributed by atoms with E-state index in [4.69, 9.17) is 4.74 Å². The molecule has 9 nitrogen and oxygen atoms in total. The molecule has 0 amide bonds. The molecule has 5 rings (SSSR count). The highest BCUT2D eigenvalue weighted by Crippen LogP contribution is 2.40. The van der Waals surface area contributed by atoms with E-state index in [1.165, 1.54) is 0 Å². The standard InChI is InChI=1S/C25H28FN7O2/c1-15-13-27-31-33(15)17-6-7-18(21(11-17)35-14-34)19-10-16-8-9-32(23(16)29-28-19)20-12-24(2,3)30-25(4,5)22(20)26/h6-11,13-14,20,22,30H,12H2,1-5H3/t20-,22-/m0/s1. The number of alkyl halides is 1. The first-order valence-corrected chi connectivity index (χ1v) is 11.5. The van der Waals surface area contributed by atoms with Crippen LogP contribution in [0.4, 0.5) is 4.39 Å². The van der Waals surface area contributed by atoms with Gasteiger partial charge < -0.3 is 14.6 Å². The molecular weight excluding hydrogens is 449 g/mol. The summed E-state index contributed by atoms with van der Waals surface area (Å²) in [5.74, 6) is 0.325. The molecule has 1 N–H and O–H groups in total. The van der Waals surface area contributed by atoms with Crippen molar-refractivity contribution in [3.63, 3.8) is 0 Å². The maximum atomic E-state index is 15.5. The third-order valence-corrected chi connectivity index (χ3v) is 6.61. The van der Waals surface area contributed by atoms with E-state index in [0.717, 1.165) is 11.1 Å². The van der Waals surface area contributed by atoms with Gasteiger partial charge in [0.2, 0.25) is 0 Å². The van der Waals surface area contributed by atoms with Gasteiger partial charge in [0.1, 0.15) is 11.9 Å². The lowest BCUT2D eigenvalue weighted by atomic mass is 9.78. The summed E-state index contributed by atoms with van der Waals surface area (Å²) in [4.78, 5) is 11.2. The van der Waals surface area contributed by atoms with Crippen molar-refractivity contribution in [2.45, 2.75) is 64.3 Å². The molecule has 0 saturated carbocycles. The summed E-state index contributed by atoms with van der Waals surface area (Å²) in [6.07, 6.45) is 3.03. The van der Waals surface area contributed by atoms with Crippen LogP contribution in [0, 0.1) is 6.92 Å². The van der Waals surface area contributed by atoms with Crippen LogP contribution in [0.15, 0.2) is 42.7 Å². The minimum absolute atomic E-state index is 0.230. The summed E-state index contributed by atoms with van der Waals surface area (Å²) in [6, 6.07) is 8.76. The van der Waals surface area contributed by atoms with Crippen LogP contribution in [0.5, 0.6) is 5.75 Å². The summed E-state index contributed by atoms with van der Waals surface area (Å²) < 4.78 is 24.3. The van der Waals surface area contributed by atoms with Crippen molar-refractivity contribution in [2.75, 3.05) is 0 Å². The molecule has 3 aromatic heterocycles. The van der Waals surface area contributed by atoms with Crippen LogP contribution in [0.1, 0.15) is 45.9 Å². The van der Waals surface area contributed by atoms with Gasteiger partial charge in [0.15, 0.2) is 5.65 Å². The molecule has 1 saturated heterocycles. The number of halogens is 1. The highest BCUT2D eigenvalue weighted by molar-refractivity contribution is 5.82. The largest absolute Gasteiger partial charge is 0.428 e. The molecule has 0 unspecified atom stereocenters. The molecule has 1 aromatic carbocycles. The van der Waals surface area contributed by atoms with Crippen LogP contribution in [-0.4, -0.2) is 53.5 Å². The number of nitrogens with one attached hydrogen (secondary N) is 1. The number of carbonyl (C=O) groups excluding carboxylic acids is 1. The predicted octanol–water partition coefficient (Wildman–Crippen LogP) is 3.95. The number of carbonyl (C=O) groups is 1. The Hall–Kier alpha value is -3.66. The van der Waals surface area contributed by atoms with Crippen molar-refractivity contribution in [2.24, 2.45) is 0 Å². The number of benzene rings is 1. The first-order valence-electron chi connectivity index (χ1n) is 11.5. The van der Waals surface area contributed by atoms with Crippen molar-refractivity contribution in [1.29, 1.82) is 0 Å². The monoisotopic (exact) mass is 477 g/mol. The summed E-state index contributed by atoms with van der Waals surface area (Å²) in [5, 5.41) is 21.1. The van der Waals surface area contributed by atoms with E-state index in [1.54, 1.807) is 23.0 Å². The minimum Gasteiger partial charge on any atom is -0.428 e. The molecule has 4 heterocycles. The Kier molecular flexibility index (Phi) is 5.43. The maximum absolute atomic E-state index is 15.5. The van der Waals surface area contributed by atoms with Crippen LogP contribution in [0.3, 0.4) is 0 Å². The number of hydrogen-bond donors (Lipinski definition) is 1. The number of nitrogens with zero attached hydrogens (tertiary/aromatic N) is 6. The van der Waals surface area contributed by atoms with Gasteiger partial charge >= 0.3 is 0 Å². The summed E-state index contributed by atoms with van der Waals surface area (Å²) in [5.41, 5.74) is 2.39. The fourth-order valence-corrected chi connectivity index (χ4v) is 5.24. The lowest BCUT2D eigenvalue weighted by molar-refractivity contribution is -0.120. The molecular formula is C25H28FN7O2. The second kappa shape index (κ2) is 8.23. The molecule has 10 heteroatoms. The van der Waals surface area contributed by atoms with Crippen LogP contribution in [0.2, 0.25) is 0 Å². The van der Waals surface area contributed by atoms with Crippen LogP contribution in [0.25, 0.3) is 28.0 Å². The Morgan fingerprint density at radius 3 is 2.69 bits per heavy atom. The van der Waals surface area contributed by atoms with E-state index >= 15 is 4.39 Å². The Morgan fingerprint density at radius 2 is 1.97 bits per heavy atom. The SMILES string of the molecule is Cc1cnnn1-c1ccc(-c2cc3ccn([C@H]4CC(C)(C)NC(C)(C)[C@H]4F)c3nn2)c(OC=O)c1. The first kappa shape index (κ1) is 23.1. The fraction of sp³-hybridized carbons (Fsp3) is 0.400. The van der Waals surface area contributed by atoms with Gasteiger partial charge in [-0.3, -0.25) is 4.79 Å². The minimum atomic E-state index is -1.10. The van der Waals surface area contributed by atoms with Crippen molar-refractivity contribution in [1.82, 2.24) is 35.1 Å². The van der Waals surface area contributed by atoms with E-state index < -0.39 is 11.7 Å². The molecule has 4 aromatic rings. The Balaban J connectivity index is 1.54. The number of piperidine rings is 1. The lowest BCUT2D eigenvalue weighted by Gasteiger charge is -2.49. The second-order valence-electron chi connectivity index (χ2n) is 10.3. The number of hydrogen-bond acceptors (Lipinski definition) is 7. The number of fused-ring (bicyclic) bond motifs is 1. The summed E-state index contributed by atoms with van der Waals surface area (Å²) >= 11 is 0. The number of aromatic nitrogens is 6. The summed E-state index contributed by atoms with van der Waals surface area (Å²) in [7, 11) is 0. The highest BCUT2D eigenvalue weighted by atomic mass is 19.1. The molecule has 0 bridgehead atoms. The average Bonchev–Trinajstić information content (AvgIpc) is 3.41. The van der Waals surface area contributed by atoms with Gasteiger partial charge in [-0.05, 0) is 65.3 Å². The van der Waals surface area contributed by atoms with Crippen LogP contribution in [-0.2, 0) is 4.79 Å². The molecule has 182 valence electrons. The molecule has 1 fully saturated rings. The molecule has 0 radical (unpaired) electrons. The van der Waals surface area contributed by atoms with Gasteiger partial charge in [-0.1, -0.05) is 5.21 Å². The van der Waals surface area contributed by atoms with Gasteiger partial charge in [0.05, 0.1) is 29.3 Å². The Bertz CT molecular complexity index is 1410. The normalized spacial score (nSPS) is 21.2. The second-order valence-corrected chi connectivity index (χ2v) is 10.3. The first-order chi connectivity index (χ1) is 16.6. The molecule has 2 atom stereocenters. The molecule has 0 aliphatic carbocycles. The fourth-order valence-electron chi connectivity index (χ4n) is 5.24. The van der Waals surface area contributed by atoms with Crippen molar-refractivity contribution in [3.8, 4) is 22.7 Å². The van der Waals surface area contributed by atoms with Gasteiger partial charge in [0, 0.05) is 34.3 Å². The molecule has 1 aliphatic rings. The zero-order chi connectivity index (χ0) is 25.0. The van der Waals surface area contributed by atoms with Gasteiger partial charge in [-0.15, -0.1) is 15.3 Å². The van der Waals surface area contributed by atoms with Crippen molar-refractivity contribution >= 4 is 17.5 Å². The van der Waals surface area contributed by atoms with Crippen molar-refractivity contribution < 1.29 is 13.9 Å². The van der Waals surface area contributed by atoms with E-state index in [0.29, 0.717) is 41.2 Å². The van der Waals surface area contributed by atoms with E-state index in [1.807, 2.05) is 49.7 Å². The van der Waals surface area contributed by atoms with E-state index in [9.17, 15) is 4.79 Å². The molecule has 35 heavy (non-hydrogen) atoms. The Morgan fingerprint density at radius 1 is 1.17 bits per heavy atom. The number of rotatable bonds is 5. The highest BCUT2D eigenvalue weighted by Gasteiger charge is 2.47. The third kappa shape index (κ3) is 4.07. The number of ether oxygens (including phenoxy) is 1. The van der Waals surface area contributed by atoms with Crippen molar-refractivity contribution in [3.05, 3.63) is 48.4 Å². The predicted molar refractivity (Wildman–Crippen MR) is 129 cm³/mol. The smallest absolute Gasteiger partial charge is 0.298 e. The van der Waals surface area contributed by atoms with Gasteiger partial charge in [-0.2, -0.15) is 0 Å². The summed E-state index contributed by atoms with van der Waals surface area (Å²) in [6.45, 7) is 10.2. The number of aryl methyl sites for hydroxylation is 1. The average molecular weight is 478 g/mol. The van der Waals surface area contributed by atoms with E-state index in [-0.39, 0.29) is 11.6 Å². The van der Waals surface area contributed by atoms with Gasteiger partial charge in [0.25, 0.3) is 6.47 Å². The quantitative estimate of drug-likeness (QED) is 0.435. The Labute approximate surface area is 202 Å². The molecule has 0 spiro atoms. The lowest BCUT2D eigenvalue weighted by Crippen LogP contribution is -2.64. The maximum Gasteiger partial charge on any atom is 0.298 e. The topological polar surface area (TPSA) is 99.8 Å². The van der Waals surface area contributed by atoms with Gasteiger partial charge in [-0.25, -0.2) is 9.07 Å².